The maximum Gasteiger partial charge on any atom is 0.195 e. The molecule has 0 bridgehead atoms. The molecule has 2 heterocycles. The van der Waals surface area contributed by atoms with E-state index in [1.165, 1.54) is 5.56 Å². The zero-order chi connectivity index (χ0) is 24.7. The Kier molecular flexibility index (Phi) is 7.14. The standard InChI is InChI=1S/C28H26N6OS/c29-21-14-16-25-24(18-21)30-27(35-25)13-7-5-11-19-10-4-6-12-22(19)31-28(36)32-26-17-15-23(33-34-26)20-8-2-1-3-9-20/h1-4,6,8-10,12,14-18H,5,7,11,13,29H2,(H2,31,32,34,36). The Balaban J connectivity index is 1.14. The zero-order valence-electron chi connectivity index (χ0n) is 19.6. The van der Waals surface area contributed by atoms with Gasteiger partial charge in [0.25, 0.3) is 0 Å². The highest BCUT2D eigenvalue weighted by atomic mass is 32.1. The van der Waals surface area contributed by atoms with Crippen LogP contribution >= 0.6 is 12.2 Å². The van der Waals surface area contributed by atoms with E-state index in [0.717, 1.165) is 59.6 Å². The number of nitrogens with one attached hydrogen (secondary N) is 2. The third-order valence-corrected chi connectivity index (χ3v) is 5.99. The topological polar surface area (TPSA) is 102 Å². The van der Waals surface area contributed by atoms with Crippen LogP contribution in [0.2, 0.25) is 0 Å². The molecule has 0 aliphatic heterocycles. The summed E-state index contributed by atoms with van der Waals surface area (Å²) in [5, 5.41) is 15.4. The van der Waals surface area contributed by atoms with Crippen LogP contribution in [0.3, 0.4) is 0 Å². The van der Waals surface area contributed by atoms with E-state index in [-0.39, 0.29) is 0 Å². The fraction of sp³-hybridized carbons (Fsp3) is 0.143. The molecule has 180 valence electrons. The molecule has 4 N–H and O–H groups in total. The van der Waals surface area contributed by atoms with Crippen molar-refractivity contribution in [3.05, 3.63) is 96.4 Å². The maximum absolute atomic E-state index is 5.83. The van der Waals surface area contributed by atoms with Gasteiger partial charge in [-0.15, -0.1) is 10.2 Å². The highest BCUT2D eigenvalue weighted by molar-refractivity contribution is 7.80. The number of hydrogen-bond acceptors (Lipinski definition) is 6. The first-order valence-electron chi connectivity index (χ1n) is 11.8. The van der Waals surface area contributed by atoms with Gasteiger partial charge in [-0.2, -0.15) is 0 Å². The van der Waals surface area contributed by atoms with Gasteiger partial charge < -0.3 is 20.8 Å². The second-order valence-electron chi connectivity index (χ2n) is 8.45. The van der Waals surface area contributed by atoms with Crippen LogP contribution in [0.4, 0.5) is 17.2 Å². The van der Waals surface area contributed by atoms with Gasteiger partial charge in [-0.1, -0.05) is 48.5 Å². The monoisotopic (exact) mass is 494 g/mol. The molecular weight excluding hydrogens is 468 g/mol. The van der Waals surface area contributed by atoms with Crippen LogP contribution < -0.4 is 16.4 Å². The summed E-state index contributed by atoms with van der Waals surface area (Å²) in [6, 6.07) is 27.4. The van der Waals surface area contributed by atoms with Gasteiger partial charge in [0.05, 0.1) is 5.69 Å². The van der Waals surface area contributed by atoms with Crippen molar-refractivity contribution in [3.8, 4) is 11.3 Å². The molecule has 0 aliphatic rings. The number of aromatic nitrogens is 3. The molecule has 5 rings (SSSR count). The lowest BCUT2D eigenvalue weighted by molar-refractivity contribution is 0.514. The summed E-state index contributed by atoms with van der Waals surface area (Å²) < 4.78 is 5.83. The van der Waals surface area contributed by atoms with Crippen molar-refractivity contribution >= 4 is 45.6 Å². The van der Waals surface area contributed by atoms with Gasteiger partial charge in [-0.25, -0.2) is 4.98 Å². The van der Waals surface area contributed by atoms with E-state index in [1.807, 2.05) is 78.9 Å². The van der Waals surface area contributed by atoms with Crippen molar-refractivity contribution < 1.29 is 4.42 Å². The minimum Gasteiger partial charge on any atom is -0.441 e. The van der Waals surface area contributed by atoms with Crippen LogP contribution in [-0.2, 0) is 12.8 Å². The number of aryl methyl sites for hydroxylation is 2. The average Bonchev–Trinajstić information content (AvgIpc) is 3.30. The molecule has 2 aromatic heterocycles. The predicted octanol–water partition coefficient (Wildman–Crippen LogP) is 6.24. The predicted molar refractivity (Wildman–Crippen MR) is 149 cm³/mol. The number of unbranched alkanes of at least 4 members (excludes halogenated alkanes) is 1. The van der Waals surface area contributed by atoms with Crippen LogP contribution in [0.15, 0.2) is 89.3 Å². The number of para-hydroxylation sites is 1. The molecule has 0 radical (unpaired) electrons. The largest absolute Gasteiger partial charge is 0.441 e. The zero-order valence-corrected chi connectivity index (χ0v) is 20.5. The summed E-state index contributed by atoms with van der Waals surface area (Å²) in [4.78, 5) is 4.54. The van der Waals surface area contributed by atoms with Crippen LogP contribution in [0.1, 0.15) is 24.3 Å². The number of oxazole rings is 1. The number of nitrogen functional groups attached to an aromatic ring is 1. The molecule has 0 fully saturated rings. The smallest absolute Gasteiger partial charge is 0.195 e. The Hall–Kier alpha value is -4.30. The van der Waals surface area contributed by atoms with Gasteiger partial charge in [0.1, 0.15) is 5.52 Å². The van der Waals surface area contributed by atoms with Crippen LogP contribution in [0.5, 0.6) is 0 Å². The summed E-state index contributed by atoms with van der Waals surface area (Å²) in [5.41, 5.74) is 12.1. The number of fused-ring (bicyclic) bond motifs is 1. The normalized spacial score (nSPS) is 10.9. The molecule has 0 unspecified atom stereocenters. The lowest BCUT2D eigenvalue weighted by Gasteiger charge is -2.13. The van der Waals surface area contributed by atoms with E-state index in [2.05, 4.69) is 31.9 Å². The van der Waals surface area contributed by atoms with E-state index in [0.29, 0.717) is 16.6 Å². The Morgan fingerprint density at radius 3 is 2.47 bits per heavy atom. The average molecular weight is 495 g/mol. The van der Waals surface area contributed by atoms with Crippen molar-refractivity contribution in [1.29, 1.82) is 0 Å². The van der Waals surface area contributed by atoms with Crippen LogP contribution in [0, 0.1) is 0 Å². The molecule has 5 aromatic rings. The van der Waals surface area contributed by atoms with Crippen molar-refractivity contribution in [2.24, 2.45) is 0 Å². The number of rotatable bonds is 8. The SMILES string of the molecule is Nc1ccc2oc(CCCCc3ccccc3NC(=S)Nc3ccc(-c4ccccc4)nn3)nc2c1. The Morgan fingerprint density at radius 1 is 0.833 bits per heavy atom. The molecular formula is C28H26N6OS. The molecule has 0 saturated carbocycles. The molecule has 36 heavy (non-hydrogen) atoms. The van der Waals surface area contributed by atoms with E-state index in [1.54, 1.807) is 0 Å². The third-order valence-electron chi connectivity index (χ3n) is 5.78. The quantitative estimate of drug-likeness (QED) is 0.132. The summed E-state index contributed by atoms with van der Waals surface area (Å²) in [6.45, 7) is 0. The van der Waals surface area contributed by atoms with Crippen molar-refractivity contribution in [2.45, 2.75) is 25.7 Å². The van der Waals surface area contributed by atoms with Gasteiger partial charge in [0.15, 0.2) is 22.4 Å². The highest BCUT2D eigenvalue weighted by Crippen LogP contribution is 2.22. The number of hydrogen-bond donors (Lipinski definition) is 3. The second kappa shape index (κ2) is 11.0. The van der Waals surface area contributed by atoms with E-state index in [4.69, 9.17) is 22.4 Å². The summed E-state index contributed by atoms with van der Waals surface area (Å²) in [7, 11) is 0. The fourth-order valence-corrected chi connectivity index (χ4v) is 4.20. The fourth-order valence-electron chi connectivity index (χ4n) is 3.98. The second-order valence-corrected chi connectivity index (χ2v) is 8.86. The molecule has 0 aliphatic carbocycles. The van der Waals surface area contributed by atoms with E-state index in [9.17, 15) is 0 Å². The Morgan fingerprint density at radius 2 is 1.64 bits per heavy atom. The van der Waals surface area contributed by atoms with Crippen molar-refractivity contribution in [3.63, 3.8) is 0 Å². The van der Waals surface area contributed by atoms with Gasteiger partial charge in [0.2, 0.25) is 0 Å². The summed E-state index contributed by atoms with van der Waals surface area (Å²) in [5.74, 6) is 1.33. The molecule has 0 saturated heterocycles. The molecule has 3 aromatic carbocycles. The van der Waals surface area contributed by atoms with E-state index >= 15 is 0 Å². The first-order chi connectivity index (χ1) is 17.6. The molecule has 0 spiro atoms. The van der Waals surface area contributed by atoms with Crippen molar-refractivity contribution in [1.82, 2.24) is 15.2 Å². The highest BCUT2D eigenvalue weighted by Gasteiger charge is 2.08. The molecule has 0 amide bonds. The maximum atomic E-state index is 5.83. The van der Waals surface area contributed by atoms with Crippen LogP contribution in [0.25, 0.3) is 22.4 Å². The van der Waals surface area contributed by atoms with Crippen LogP contribution in [-0.4, -0.2) is 20.3 Å². The number of nitrogens with zero attached hydrogens (tertiary/aromatic N) is 3. The molecule has 0 atom stereocenters. The number of nitrogens with two attached hydrogens (primary N) is 1. The van der Waals surface area contributed by atoms with Crippen molar-refractivity contribution in [2.75, 3.05) is 16.4 Å². The molecule has 7 nitrogen and oxygen atoms in total. The minimum atomic E-state index is 0.468. The van der Waals surface area contributed by atoms with Gasteiger partial charge >= 0.3 is 0 Å². The Bertz CT molecular complexity index is 1470. The minimum absolute atomic E-state index is 0.468. The molecule has 8 heteroatoms. The van der Waals surface area contributed by atoms with E-state index < -0.39 is 0 Å². The first-order valence-corrected chi connectivity index (χ1v) is 12.2. The Labute approximate surface area is 214 Å². The lowest BCUT2D eigenvalue weighted by Crippen LogP contribution is -2.20. The summed E-state index contributed by atoms with van der Waals surface area (Å²) >= 11 is 5.52. The third kappa shape index (κ3) is 5.84. The summed E-state index contributed by atoms with van der Waals surface area (Å²) in [6.07, 6.45) is 3.64. The van der Waals surface area contributed by atoms with Gasteiger partial charge in [-0.05, 0) is 73.4 Å². The first kappa shape index (κ1) is 23.4. The number of anilines is 3. The lowest BCUT2D eigenvalue weighted by atomic mass is 10.1. The number of benzene rings is 3. The number of thiocarbonyl (C=S) groups is 1. The van der Waals surface area contributed by atoms with Gasteiger partial charge in [0, 0.05) is 23.4 Å². The van der Waals surface area contributed by atoms with Gasteiger partial charge in [-0.3, -0.25) is 0 Å².